The number of hydrogen-bond donors (Lipinski definition) is 1. The van der Waals surface area contributed by atoms with Gasteiger partial charge in [0.05, 0.1) is 6.42 Å². The van der Waals surface area contributed by atoms with Gasteiger partial charge in [-0.05, 0) is 25.7 Å². The van der Waals surface area contributed by atoms with Crippen LogP contribution in [0.15, 0.2) is 24.3 Å². The Balaban J connectivity index is 3.56. The van der Waals surface area contributed by atoms with Gasteiger partial charge in [-0.2, -0.15) is 0 Å². The SMILES string of the molecule is C=C(CCCC)CCC(=C)CC(=O)O. The van der Waals surface area contributed by atoms with E-state index < -0.39 is 5.97 Å². The fraction of sp³-hybridized carbons (Fsp3) is 0.583. The minimum atomic E-state index is -0.797. The van der Waals surface area contributed by atoms with Crippen molar-refractivity contribution in [1.82, 2.24) is 0 Å². The molecular formula is C12H20O2. The number of rotatable bonds is 8. The minimum absolute atomic E-state index is 0.0844. The molecule has 0 spiro atoms. The monoisotopic (exact) mass is 196 g/mol. The second-order valence-corrected chi connectivity index (χ2v) is 3.67. The van der Waals surface area contributed by atoms with Gasteiger partial charge in [0.15, 0.2) is 0 Å². The van der Waals surface area contributed by atoms with Crippen LogP contribution in [0.1, 0.15) is 45.4 Å². The molecule has 2 heteroatoms. The average molecular weight is 196 g/mol. The predicted molar refractivity (Wildman–Crippen MR) is 59.3 cm³/mol. The van der Waals surface area contributed by atoms with E-state index in [1.807, 2.05) is 0 Å². The van der Waals surface area contributed by atoms with Crippen LogP contribution in [0.3, 0.4) is 0 Å². The molecule has 0 rings (SSSR count). The van der Waals surface area contributed by atoms with Crippen molar-refractivity contribution in [3.63, 3.8) is 0 Å². The lowest BCUT2D eigenvalue weighted by molar-refractivity contribution is -0.136. The van der Waals surface area contributed by atoms with Crippen LogP contribution in [0.5, 0.6) is 0 Å². The third-order valence-electron chi connectivity index (χ3n) is 2.12. The third-order valence-corrected chi connectivity index (χ3v) is 2.12. The molecule has 2 nitrogen and oxygen atoms in total. The normalized spacial score (nSPS) is 9.79. The molecule has 0 aliphatic heterocycles. The van der Waals surface area contributed by atoms with Crippen molar-refractivity contribution in [1.29, 1.82) is 0 Å². The minimum Gasteiger partial charge on any atom is -0.481 e. The molecule has 0 aliphatic carbocycles. The molecule has 0 saturated heterocycles. The lowest BCUT2D eigenvalue weighted by Crippen LogP contribution is -1.97. The quantitative estimate of drug-likeness (QED) is 0.603. The standard InChI is InChI=1S/C12H20O2/c1-4-5-6-10(2)7-8-11(3)9-12(13)14/h2-9H2,1H3,(H,13,14). The summed E-state index contributed by atoms with van der Waals surface area (Å²) in [6.45, 7) is 9.83. The number of unbranched alkanes of at least 4 members (excludes halogenated alkanes) is 1. The van der Waals surface area contributed by atoms with E-state index >= 15 is 0 Å². The summed E-state index contributed by atoms with van der Waals surface area (Å²) in [6, 6.07) is 0. The van der Waals surface area contributed by atoms with Crippen molar-refractivity contribution in [3.8, 4) is 0 Å². The van der Waals surface area contributed by atoms with Crippen LogP contribution in [-0.4, -0.2) is 11.1 Å². The molecule has 0 unspecified atom stereocenters. The maximum absolute atomic E-state index is 10.3. The smallest absolute Gasteiger partial charge is 0.307 e. The molecule has 0 radical (unpaired) electrons. The highest BCUT2D eigenvalue weighted by Crippen LogP contribution is 2.16. The number of carboxylic acid groups (broad SMARTS) is 1. The fourth-order valence-corrected chi connectivity index (χ4v) is 1.21. The Kier molecular flexibility index (Phi) is 6.81. The van der Waals surface area contributed by atoms with Gasteiger partial charge in [-0.25, -0.2) is 0 Å². The highest BCUT2D eigenvalue weighted by atomic mass is 16.4. The Labute approximate surface area is 86.3 Å². The van der Waals surface area contributed by atoms with Crippen LogP contribution in [0.25, 0.3) is 0 Å². The Morgan fingerprint density at radius 1 is 1.14 bits per heavy atom. The first-order valence-electron chi connectivity index (χ1n) is 5.11. The van der Waals surface area contributed by atoms with E-state index in [0.29, 0.717) is 0 Å². The van der Waals surface area contributed by atoms with Gasteiger partial charge in [0.2, 0.25) is 0 Å². The highest BCUT2D eigenvalue weighted by Gasteiger charge is 2.02. The van der Waals surface area contributed by atoms with Crippen molar-refractivity contribution < 1.29 is 9.90 Å². The summed E-state index contributed by atoms with van der Waals surface area (Å²) in [4.78, 5) is 10.3. The zero-order valence-electron chi connectivity index (χ0n) is 9.01. The van der Waals surface area contributed by atoms with Gasteiger partial charge >= 0.3 is 5.97 Å². The molecule has 0 saturated carbocycles. The molecule has 0 bridgehead atoms. The molecule has 0 amide bonds. The van der Waals surface area contributed by atoms with E-state index in [-0.39, 0.29) is 6.42 Å². The molecule has 1 N–H and O–H groups in total. The van der Waals surface area contributed by atoms with Crippen LogP contribution < -0.4 is 0 Å². The second kappa shape index (κ2) is 7.36. The number of carbonyl (C=O) groups is 1. The average Bonchev–Trinajstić information content (AvgIpc) is 2.10. The van der Waals surface area contributed by atoms with Crippen molar-refractivity contribution in [2.24, 2.45) is 0 Å². The summed E-state index contributed by atoms with van der Waals surface area (Å²) >= 11 is 0. The van der Waals surface area contributed by atoms with E-state index in [1.165, 1.54) is 18.4 Å². The first kappa shape index (κ1) is 12.9. The Morgan fingerprint density at radius 3 is 2.21 bits per heavy atom. The van der Waals surface area contributed by atoms with Gasteiger partial charge in [-0.1, -0.05) is 37.6 Å². The van der Waals surface area contributed by atoms with Crippen molar-refractivity contribution in [2.75, 3.05) is 0 Å². The maximum atomic E-state index is 10.3. The molecule has 14 heavy (non-hydrogen) atoms. The summed E-state index contributed by atoms with van der Waals surface area (Å²) in [6.07, 6.45) is 5.12. The zero-order chi connectivity index (χ0) is 11.0. The van der Waals surface area contributed by atoms with Crippen molar-refractivity contribution in [2.45, 2.75) is 45.4 Å². The fourth-order valence-electron chi connectivity index (χ4n) is 1.21. The number of allylic oxidation sites excluding steroid dienone is 1. The highest BCUT2D eigenvalue weighted by molar-refractivity contribution is 5.69. The molecule has 0 fully saturated rings. The van der Waals surface area contributed by atoms with Gasteiger partial charge in [0.25, 0.3) is 0 Å². The van der Waals surface area contributed by atoms with Crippen LogP contribution >= 0.6 is 0 Å². The van der Waals surface area contributed by atoms with E-state index in [4.69, 9.17) is 5.11 Å². The lowest BCUT2D eigenvalue weighted by Gasteiger charge is -2.05. The largest absolute Gasteiger partial charge is 0.481 e. The molecule has 0 atom stereocenters. The zero-order valence-corrected chi connectivity index (χ0v) is 9.01. The van der Waals surface area contributed by atoms with E-state index in [1.54, 1.807) is 0 Å². The first-order valence-corrected chi connectivity index (χ1v) is 5.11. The Morgan fingerprint density at radius 2 is 1.71 bits per heavy atom. The van der Waals surface area contributed by atoms with E-state index in [2.05, 4.69) is 20.1 Å². The number of hydrogen-bond acceptors (Lipinski definition) is 1. The van der Waals surface area contributed by atoms with Crippen molar-refractivity contribution >= 4 is 5.97 Å². The second-order valence-electron chi connectivity index (χ2n) is 3.67. The molecule has 0 aliphatic rings. The summed E-state index contributed by atoms with van der Waals surface area (Å²) in [5.41, 5.74) is 1.99. The van der Waals surface area contributed by atoms with Crippen LogP contribution in [0.2, 0.25) is 0 Å². The Hall–Kier alpha value is -1.05. The third kappa shape index (κ3) is 7.59. The maximum Gasteiger partial charge on any atom is 0.307 e. The molecular weight excluding hydrogens is 176 g/mol. The molecule has 0 heterocycles. The molecule has 0 aromatic carbocycles. The molecule has 0 aromatic rings. The molecule has 80 valence electrons. The topological polar surface area (TPSA) is 37.3 Å². The van der Waals surface area contributed by atoms with Gasteiger partial charge in [-0.15, -0.1) is 0 Å². The van der Waals surface area contributed by atoms with Crippen LogP contribution in [0.4, 0.5) is 0 Å². The van der Waals surface area contributed by atoms with Crippen LogP contribution in [-0.2, 0) is 4.79 Å². The van der Waals surface area contributed by atoms with E-state index in [0.717, 1.165) is 24.8 Å². The Bertz CT molecular complexity index is 216. The van der Waals surface area contributed by atoms with Gasteiger partial charge in [0, 0.05) is 0 Å². The van der Waals surface area contributed by atoms with Gasteiger partial charge in [0.1, 0.15) is 0 Å². The van der Waals surface area contributed by atoms with E-state index in [9.17, 15) is 4.79 Å². The summed E-state index contributed by atoms with van der Waals surface area (Å²) in [5, 5.41) is 8.51. The summed E-state index contributed by atoms with van der Waals surface area (Å²) in [5.74, 6) is -0.797. The first-order chi connectivity index (χ1) is 6.56. The van der Waals surface area contributed by atoms with Crippen molar-refractivity contribution in [3.05, 3.63) is 24.3 Å². The van der Waals surface area contributed by atoms with Gasteiger partial charge < -0.3 is 5.11 Å². The van der Waals surface area contributed by atoms with Crippen LogP contribution in [0, 0.1) is 0 Å². The number of carboxylic acids is 1. The summed E-state index contributed by atoms with van der Waals surface area (Å²) < 4.78 is 0. The molecule has 0 aromatic heterocycles. The van der Waals surface area contributed by atoms with Gasteiger partial charge in [-0.3, -0.25) is 4.79 Å². The number of aliphatic carboxylic acids is 1. The lowest BCUT2D eigenvalue weighted by atomic mass is 10.0. The summed E-state index contributed by atoms with van der Waals surface area (Å²) in [7, 11) is 0. The predicted octanol–water partition coefficient (Wildman–Crippen LogP) is 3.54.